The zero-order valence-electron chi connectivity index (χ0n) is 23.0. The Labute approximate surface area is 242 Å². The zero-order chi connectivity index (χ0) is 29.1. The van der Waals surface area contributed by atoms with Gasteiger partial charge in [-0.25, -0.2) is 4.79 Å². The summed E-state index contributed by atoms with van der Waals surface area (Å²) in [6.07, 6.45) is 0.590. The predicted octanol–water partition coefficient (Wildman–Crippen LogP) is 3.76. The van der Waals surface area contributed by atoms with Crippen LogP contribution >= 0.6 is 0 Å². The summed E-state index contributed by atoms with van der Waals surface area (Å²) in [6, 6.07) is 22.5. The Morgan fingerprint density at radius 2 is 1.79 bits per heavy atom. The monoisotopic (exact) mass is 570 g/mol. The van der Waals surface area contributed by atoms with Gasteiger partial charge < -0.3 is 30.1 Å². The predicted molar refractivity (Wildman–Crippen MR) is 157 cm³/mol. The van der Waals surface area contributed by atoms with Crippen LogP contribution in [0.2, 0.25) is 0 Å². The van der Waals surface area contributed by atoms with Crippen molar-refractivity contribution in [2.45, 2.75) is 31.1 Å². The van der Waals surface area contributed by atoms with Gasteiger partial charge in [0.2, 0.25) is 5.56 Å². The standard InChI is InChI=1S/C32H34N4O6/c37-26-11-9-24(25-10-12-29(39)34-31(25)26)27(38)18-33-42-23-8-4-7-22(17-23)30(21-5-2-1-3-6-21)35-32(40)41-28-19-36-15-13-20(28)14-16-36/h1-12,17,20,27-28,30,33,37-38H,13-16,18-19H2,(H,34,39)(H,35,40)/t27-,28-,30-/m0/s1. The van der Waals surface area contributed by atoms with Gasteiger partial charge in [0.15, 0.2) is 0 Å². The molecule has 0 aliphatic carbocycles. The van der Waals surface area contributed by atoms with Crippen LogP contribution in [0.5, 0.6) is 11.5 Å². The maximum atomic E-state index is 13.1. The van der Waals surface area contributed by atoms with Crippen molar-refractivity contribution < 1.29 is 24.6 Å². The number of hydrogen-bond donors (Lipinski definition) is 5. The Balaban J connectivity index is 1.13. The van der Waals surface area contributed by atoms with Crippen LogP contribution in [0.4, 0.5) is 4.79 Å². The SMILES string of the molecule is O=C(N[C@@H](c1ccccc1)c1cccc(ONC[C@H](O)c2ccc(O)c3[nH]c(=O)ccc23)c1)O[C@H]1CN2CCC1CC2. The Morgan fingerprint density at radius 1 is 1.00 bits per heavy atom. The van der Waals surface area contributed by atoms with Crippen molar-refractivity contribution in [1.82, 2.24) is 20.7 Å². The summed E-state index contributed by atoms with van der Waals surface area (Å²) in [4.78, 5) is 35.5. The van der Waals surface area contributed by atoms with Crippen LogP contribution in [0.3, 0.4) is 0 Å². The van der Waals surface area contributed by atoms with Gasteiger partial charge in [0.25, 0.3) is 0 Å². The van der Waals surface area contributed by atoms with E-state index >= 15 is 0 Å². The molecule has 10 nitrogen and oxygen atoms in total. The molecule has 2 bridgehead atoms. The van der Waals surface area contributed by atoms with Crippen molar-refractivity contribution in [2.75, 3.05) is 26.2 Å². The maximum absolute atomic E-state index is 13.1. The lowest BCUT2D eigenvalue weighted by molar-refractivity contribution is -0.0336. The second-order valence-electron chi connectivity index (χ2n) is 10.9. The normalized spacial score (nSPS) is 21.0. The molecule has 10 heteroatoms. The Hall–Kier alpha value is -4.38. The number of amides is 1. The fourth-order valence-electron chi connectivity index (χ4n) is 5.96. The summed E-state index contributed by atoms with van der Waals surface area (Å²) in [5, 5.41) is 24.6. The van der Waals surface area contributed by atoms with Crippen LogP contribution in [0, 0.1) is 5.92 Å². The highest BCUT2D eigenvalue weighted by molar-refractivity contribution is 5.87. The molecule has 0 radical (unpaired) electrons. The molecule has 1 amide bonds. The Kier molecular flexibility index (Phi) is 8.09. The number of hydroxylamine groups is 1. The highest BCUT2D eigenvalue weighted by Crippen LogP contribution is 2.31. The molecule has 3 atom stereocenters. The van der Waals surface area contributed by atoms with E-state index in [2.05, 4.69) is 20.7 Å². The molecule has 3 saturated heterocycles. The number of phenolic OH excluding ortho intramolecular Hbond substituents is 1. The fraction of sp³-hybridized carbons (Fsp3) is 0.312. The van der Waals surface area contributed by atoms with Crippen LogP contribution in [0.15, 0.2) is 83.7 Å². The van der Waals surface area contributed by atoms with Crippen LogP contribution in [-0.4, -0.2) is 58.5 Å². The van der Waals surface area contributed by atoms with Gasteiger partial charge in [-0.05, 0) is 72.8 Å². The molecule has 0 spiro atoms. The van der Waals surface area contributed by atoms with Crippen molar-refractivity contribution >= 4 is 17.0 Å². The third-order valence-electron chi connectivity index (χ3n) is 8.17. The van der Waals surface area contributed by atoms with Gasteiger partial charge in [-0.1, -0.05) is 48.5 Å². The number of aliphatic hydroxyl groups is 1. The number of nitrogens with zero attached hydrogens (tertiary/aromatic N) is 1. The molecule has 4 aromatic rings. The summed E-state index contributed by atoms with van der Waals surface area (Å²) >= 11 is 0. The highest BCUT2D eigenvalue weighted by atomic mass is 16.6. The molecular weight excluding hydrogens is 536 g/mol. The van der Waals surface area contributed by atoms with Gasteiger partial charge >= 0.3 is 6.09 Å². The number of aromatic hydroxyl groups is 1. The first-order valence-electron chi connectivity index (χ1n) is 14.2. The molecular formula is C32H34N4O6. The largest absolute Gasteiger partial charge is 0.506 e. The number of carbonyl (C=O) groups is 1. The number of alkyl carbamates (subject to hydrolysis) is 1. The Bertz CT molecular complexity index is 1600. The number of hydrogen-bond acceptors (Lipinski definition) is 8. The number of ether oxygens (including phenoxy) is 1. The number of nitrogens with one attached hydrogen (secondary N) is 3. The first-order chi connectivity index (χ1) is 20.4. The van der Waals surface area contributed by atoms with E-state index < -0.39 is 18.2 Å². The minimum absolute atomic E-state index is 0.0372. The van der Waals surface area contributed by atoms with Crippen molar-refractivity contribution in [3.8, 4) is 11.5 Å². The van der Waals surface area contributed by atoms with Crippen molar-refractivity contribution in [3.05, 3.63) is 106 Å². The molecule has 0 unspecified atom stereocenters. The number of pyridine rings is 1. The average molecular weight is 571 g/mol. The number of carbonyl (C=O) groups excluding carboxylic acids is 1. The first kappa shape index (κ1) is 27.8. The van der Waals surface area contributed by atoms with E-state index in [1.54, 1.807) is 18.2 Å². The van der Waals surface area contributed by atoms with Crippen LogP contribution in [-0.2, 0) is 4.74 Å². The molecule has 3 aliphatic heterocycles. The third-order valence-corrected chi connectivity index (χ3v) is 8.17. The first-order valence-corrected chi connectivity index (χ1v) is 14.2. The Morgan fingerprint density at radius 3 is 2.55 bits per heavy atom. The van der Waals surface area contributed by atoms with Crippen LogP contribution in [0.25, 0.3) is 10.9 Å². The second kappa shape index (κ2) is 12.2. The van der Waals surface area contributed by atoms with Gasteiger partial charge in [0.05, 0.1) is 24.2 Å². The number of aromatic amines is 1. The van der Waals surface area contributed by atoms with E-state index in [1.807, 2.05) is 48.5 Å². The quantitative estimate of drug-likeness (QED) is 0.192. The molecule has 3 aromatic carbocycles. The minimum atomic E-state index is -0.984. The van der Waals surface area contributed by atoms with E-state index in [0.717, 1.165) is 43.6 Å². The number of aromatic nitrogens is 1. The van der Waals surface area contributed by atoms with Crippen molar-refractivity contribution in [2.24, 2.45) is 5.92 Å². The highest BCUT2D eigenvalue weighted by Gasteiger charge is 2.36. The van der Waals surface area contributed by atoms with Crippen LogP contribution < -0.4 is 21.2 Å². The lowest BCUT2D eigenvalue weighted by Gasteiger charge is -2.43. The van der Waals surface area contributed by atoms with Gasteiger partial charge in [-0.3, -0.25) is 9.69 Å². The van der Waals surface area contributed by atoms with Crippen molar-refractivity contribution in [3.63, 3.8) is 0 Å². The van der Waals surface area contributed by atoms with Gasteiger partial charge in [0.1, 0.15) is 17.6 Å². The summed E-state index contributed by atoms with van der Waals surface area (Å²) in [5.74, 6) is 0.831. The molecule has 3 fully saturated rings. The number of piperidine rings is 3. The van der Waals surface area contributed by atoms with E-state index in [-0.39, 0.29) is 29.5 Å². The fourth-order valence-corrected chi connectivity index (χ4v) is 5.96. The molecule has 7 rings (SSSR count). The van der Waals surface area contributed by atoms with Gasteiger partial charge in [0, 0.05) is 18.0 Å². The van der Waals surface area contributed by atoms with E-state index in [1.165, 1.54) is 12.1 Å². The average Bonchev–Trinajstić information content (AvgIpc) is 3.01. The number of fused-ring (bicyclic) bond motifs is 4. The molecule has 3 aliphatic rings. The zero-order valence-corrected chi connectivity index (χ0v) is 23.0. The number of H-pyrrole nitrogens is 1. The smallest absolute Gasteiger partial charge is 0.408 e. The third kappa shape index (κ3) is 6.11. The lowest BCUT2D eigenvalue weighted by atomic mass is 9.86. The summed E-state index contributed by atoms with van der Waals surface area (Å²) in [7, 11) is 0. The summed E-state index contributed by atoms with van der Waals surface area (Å²) in [6.45, 7) is 2.97. The molecule has 0 saturated carbocycles. The summed E-state index contributed by atoms with van der Waals surface area (Å²) < 4.78 is 5.91. The van der Waals surface area contributed by atoms with E-state index in [0.29, 0.717) is 22.6 Å². The maximum Gasteiger partial charge on any atom is 0.408 e. The second-order valence-corrected chi connectivity index (χ2v) is 10.9. The number of phenols is 1. The molecule has 42 heavy (non-hydrogen) atoms. The van der Waals surface area contributed by atoms with Crippen molar-refractivity contribution in [1.29, 1.82) is 0 Å². The van der Waals surface area contributed by atoms with Crippen LogP contribution in [0.1, 0.15) is 41.7 Å². The minimum Gasteiger partial charge on any atom is -0.506 e. The van der Waals surface area contributed by atoms with E-state index in [9.17, 15) is 19.8 Å². The lowest BCUT2D eigenvalue weighted by Crippen LogP contribution is -2.52. The van der Waals surface area contributed by atoms with Gasteiger partial charge in [-0.2, -0.15) is 5.48 Å². The topological polar surface area (TPSA) is 136 Å². The summed E-state index contributed by atoms with van der Waals surface area (Å²) in [5.41, 5.74) is 4.96. The molecule has 5 N–H and O–H groups in total. The number of rotatable bonds is 9. The number of aliphatic hydroxyl groups excluding tert-OH is 1. The molecule has 218 valence electrons. The number of benzene rings is 3. The molecule has 4 heterocycles. The molecule has 1 aromatic heterocycles. The van der Waals surface area contributed by atoms with Gasteiger partial charge in [-0.15, -0.1) is 0 Å². The van der Waals surface area contributed by atoms with E-state index in [4.69, 9.17) is 9.57 Å².